The zero-order chi connectivity index (χ0) is 39.9. The van der Waals surface area contributed by atoms with E-state index in [1.165, 1.54) is 14.2 Å². The lowest BCUT2D eigenvalue weighted by Gasteiger charge is -2.07. The maximum absolute atomic E-state index is 12.4. The molecule has 10 nitrogen and oxygen atoms in total. The number of hydrogen-bond donors (Lipinski definition) is 2. The number of pyridine rings is 2. The van der Waals surface area contributed by atoms with E-state index in [0.29, 0.717) is 11.1 Å². The van der Waals surface area contributed by atoms with Crippen molar-refractivity contribution in [2.75, 3.05) is 14.2 Å². The Kier molecular flexibility index (Phi) is 9.14. The minimum atomic E-state index is -0.411. The van der Waals surface area contributed by atoms with Gasteiger partial charge in [-0.3, -0.25) is 0 Å². The maximum Gasteiger partial charge on any atom is 0.337 e. The van der Waals surface area contributed by atoms with Crippen molar-refractivity contribution in [2.45, 2.75) is 0 Å². The van der Waals surface area contributed by atoms with Crippen molar-refractivity contribution in [3.05, 3.63) is 156 Å². The van der Waals surface area contributed by atoms with Crippen molar-refractivity contribution < 1.29 is 28.2 Å². The Bertz CT molecular complexity index is 2830. The van der Waals surface area contributed by atoms with Crippen molar-refractivity contribution in [2.24, 2.45) is 14.1 Å². The summed E-state index contributed by atoms with van der Waals surface area (Å²) >= 11 is 0. The van der Waals surface area contributed by atoms with Crippen LogP contribution < -0.4 is 9.13 Å². The molecule has 0 spiro atoms. The number of aryl methyl sites for hydroxylation is 2. The van der Waals surface area contributed by atoms with Gasteiger partial charge in [0.25, 0.3) is 0 Å². The lowest BCUT2D eigenvalue weighted by molar-refractivity contribution is -0.671. The first-order chi connectivity index (χ1) is 28.3. The molecule has 2 aromatic carbocycles. The second-order valence-corrected chi connectivity index (χ2v) is 14.2. The van der Waals surface area contributed by atoms with Crippen molar-refractivity contribution in [1.82, 2.24) is 19.9 Å². The molecule has 58 heavy (non-hydrogen) atoms. The summed E-state index contributed by atoms with van der Waals surface area (Å²) in [6, 6.07) is 31.2. The molecule has 2 aliphatic rings. The largest absolute Gasteiger partial charge is 0.465 e. The summed E-state index contributed by atoms with van der Waals surface area (Å²) in [4.78, 5) is 43.1. The van der Waals surface area contributed by atoms with Gasteiger partial charge < -0.3 is 19.4 Å². The topological polar surface area (TPSA) is 118 Å². The number of aromatic amines is 2. The Morgan fingerprint density at radius 3 is 1.10 bits per heavy atom. The Hall–Kier alpha value is -7.72. The number of H-pyrrole nitrogens is 2. The summed E-state index contributed by atoms with van der Waals surface area (Å²) in [6.07, 6.45) is 16.4. The van der Waals surface area contributed by atoms with E-state index in [1.807, 2.05) is 96.3 Å². The van der Waals surface area contributed by atoms with Gasteiger partial charge in [0, 0.05) is 67.6 Å². The molecule has 0 fully saturated rings. The van der Waals surface area contributed by atoms with Crippen LogP contribution in [0.2, 0.25) is 0 Å². The van der Waals surface area contributed by atoms with Crippen LogP contribution in [0.1, 0.15) is 43.5 Å². The minimum Gasteiger partial charge on any atom is -0.465 e. The first-order valence-electron chi connectivity index (χ1n) is 18.7. The maximum atomic E-state index is 12.4. The van der Waals surface area contributed by atoms with E-state index in [1.54, 1.807) is 24.3 Å². The van der Waals surface area contributed by atoms with E-state index in [-0.39, 0.29) is 0 Å². The van der Waals surface area contributed by atoms with Crippen LogP contribution in [0.5, 0.6) is 0 Å². The third-order valence-corrected chi connectivity index (χ3v) is 10.4. The molecule has 10 heteroatoms. The summed E-state index contributed by atoms with van der Waals surface area (Å²) in [7, 11) is 6.77. The average Bonchev–Trinajstić information content (AvgIpc) is 4.09. The standard InChI is InChI=1S/C48H37N6O4/c1-53-25-5-7-33(27-53)45-39-21-19-37(50-39)43(29-9-13-31(14-10-29)47(55)57-3)35-17-18-36(49-35)44(30-11-15-32(16-12-30)48(56)58-4)38-20-22-40(51-38)46(42-24-23-41(45)52-42)34-8-6-26-54(2)28-34/h5-28H,1-4H3,(H-,49,50,51,52,55,56)/q+1/p+1. The van der Waals surface area contributed by atoms with Gasteiger partial charge in [0.05, 0.1) is 48.1 Å². The third-order valence-electron chi connectivity index (χ3n) is 10.4. The summed E-state index contributed by atoms with van der Waals surface area (Å²) in [5.74, 6) is -0.821. The molecule has 282 valence electrons. The minimum absolute atomic E-state index is 0.411. The molecular formula is C48H38N6O4+2. The van der Waals surface area contributed by atoms with E-state index in [9.17, 15) is 9.59 Å². The Morgan fingerprint density at radius 2 is 0.793 bits per heavy atom. The van der Waals surface area contributed by atoms with Gasteiger partial charge in [-0.2, -0.15) is 0 Å². The normalized spacial score (nSPS) is 11.8. The van der Waals surface area contributed by atoms with Crippen LogP contribution in [0.15, 0.2) is 122 Å². The molecule has 0 saturated heterocycles. The number of esters is 2. The monoisotopic (exact) mass is 762 g/mol. The van der Waals surface area contributed by atoms with Gasteiger partial charge in [-0.25, -0.2) is 28.7 Å². The number of fused-ring (bicyclic) bond motifs is 8. The molecule has 9 rings (SSSR count). The molecule has 2 N–H and O–H groups in total. The van der Waals surface area contributed by atoms with E-state index in [0.717, 1.165) is 89.4 Å². The predicted octanol–water partition coefficient (Wildman–Crippen LogP) is 8.55. The lowest BCUT2D eigenvalue weighted by atomic mass is 10.0. The molecule has 5 aromatic heterocycles. The van der Waals surface area contributed by atoms with Crippen LogP contribution in [-0.2, 0) is 23.6 Å². The van der Waals surface area contributed by atoms with Gasteiger partial charge in [0.15, 0.2) is 24.8 Å². The summed E-state index contributed by atoms with van der Waals surface area (Å²) in [6.45, 7) is 0. The van der Waals surface area contributed by atoms with Crippen molar-refractivity contribution in [1.29, 1.82) is 0 Å². The van der Waals surface area contributed by atoms with E-state index < -0.39 is 11.9 Å². The van der Waals surface area contributed by atoms with Crippen molar-refractivity contribution in [3.63, 3.8) is 0 Å². The number of benzene rings is 2. The highest BCUT2D eigenvalue weighted by Crippen LogP contribution is 2.38. The molecule has 8 bridgehead atoms. The first kappa shape index (κ1) is 35.9. The molecule has 7 heterocycles. The highest BCUT2D eigenvalue weighted by Gasteiger charge is 2.21. The molecular weight excluding hydrogens is 725 g/mol. The predicted molar refractivity (Wildman–Crippen MR) is 226 cm³/mol. The highest BCUT2D eigenvalue weighted by molar-refractivity contribution is 6.00. The second kappa shape index (κ2) is 14.7. The lowest BCUT2D eigenvalue weighted by Crippen LogP contribution is -2.26. The molecule has 0 saturated carbocycles. The van der Waals surface area contributed by atoms with Gasteiger partial charge in [0.2, 0.25) is 0 Å². The number of carbonyl (C=O) groups is 2. The number of ether oxygens (including phenoxy) is 2. The van der Waals surface area contributed by atoms with E-state index in [2.05, 4.69) is 58.8 Å². The Balaban J connectivity index is 1.43. The zero-order valence-corrected chi connectivity index (χ0v) is 32.3. The number of nitrogens with zero attached hydrogens (tertiary/aromatic N) is 4. The van der Waals surface area contributed by atoms with Crippen LogP contribution in [0.4, 0.5) is 0 Å². The van der Waals surface area contributed by atoms with E-state index in [4.69, 9.17) is 19.4 Å². The van der Waals surface area contributed by atoms with Crippen LogP contribution in [-0.4, -0.2) is 46.1 Å². The SMILES string of the molecule is COC(=O)c1ccc(-c2c3nc(c(-c4ccc[n+](C)c4)c4ccc([nH]4)c(-c4ccc[n+](C)c4)c4nc(c(-c5ccc(C(=O)OC)cc5)c5ccc2[nH]5)C=C4)C=C3)cc1. The smallest absolute Gasteiger partial charge is 0.337 e. The molecule has 0 aliphatic carbocycles. The van der Waals surface area contributed by atoms with Gasteiger partial charge in [-0.15, -0.1) is 0 Å². The zero-order valence-electron chi connectivity index (χ0n) is 32.3. The summed E-state index contributed by atoms with van der Waals surface area (Å²) in [5, 5.41) is 0. The number of carbonyl (C=O) groups excluding carboxylic acids is 2. The fraction of sp³-hybridized carbons (Fsp3) is 0.0833. The van der Waals surface area contributed by atoms with Gasteiger partial charge in [-0.1, -0.05) is 24.3 Å². The molecule has 0 amide bonds. The number of aromatic nitrogens is 6. The van der Waals surface area contributed by atoms with Crippen LogP contribution in [0.25, 0.3) is 90.9 Å². The summed E-state index contributed by atoms with van der Waals surface area (Å²) < 4.78 is 14.1. The van der Waals surface area contributed by atoms with Gasteiger partial charge >= 0.3 is 11.9 Å². The Labute approximate surface area is 334 Å². The molecule has 0 unspecified atom stereocenters. The fourth-order valence-corrected chi connectivity index (χ4v) is 7.67. The number of hydrogen-bond acceptors (Lipinski definition) is 6. The number of nitrogens with one attached hydrogen (secondary N) is 2. The quantitative estimate of drug-likeness (QED) is 0.130. The van der Waals surface area contributed by atoms with Crippen LogP contribution in [0.3, 0.4) is 0 Å². The molecule has 2 aliphatic heterocycles. The first-order valence-corrected chi connectivity index (χ1v) is 18.7. The third kappa shape index (κ3) is 6.56. The fourth-order valence-electron chi connectivity index (χ4n) is 7.67. The molecule has 0 radical (unpaired) electrons. The number of methoxy groups -OCH3 is 2. The van der Waals surface area contributed by atoms with Gasteiger partial charge in [-0.05, 0) is 96.1 Å². The van der Waals surface area contributed by atoms with Crippen molar-refractivity contribution >= 4 is 58.3 Å². The highest BCUT2D eigenvalue weighted by atomic mass is 16.5. The number of rotatable bonds is 6. The average molecular weight is 763 g/mol. The van der Waals surface area contributed by atoms with Gasteiger partial charge in [0.1, 0.15) is 14.1 Å². The molecule has 0 atom stereocenters. The molecule has 7 aromatic rings. The van der Waals surface area contributed by atoms with Crippen molar-refractivity contribution in [3.8, 4) is 44.5 Å². The Morgan fingerprint density at radius 1 is 0.466 bits per heavy atom. The van der Waals surface area contributed by atoms with Crippen LogP contribution in [0, 0.1) is 0 Å². The van der Waals surface area contributed by atoms with Crippen LogP contribution >= 0.6 is 0 Å². The van der Waals surface area contributed by atoms with E-state index >= 15 is 0 Å². The summed E-state index contributed by atoms with van der Waals surface area (Å²) in [5.41, 5.74) is 14.6. The second-order valence-electron chi connectivity index (χ2n) is 14.2.